The molecule has 0 aromatic heterocycles. The van der Waals surface area contributed by atoms with Crippen LogP contribution in [-0.2, 0) is 16.1 Å². The first-order valence-electron chi connectivity index (χ1n) is 4.69. The highest BCUT2D eigenvalue weighted by Gasteiger charge is 2.13. The fraction of sp³-hybridized carbons (Fsp3) is 0.364. The zero-order valence-corrected chi connectivity index (χ0v) is 8.64. The smallest absolute Gasteiger partial charge is 0.305 e. The fourth-order valence-electron chi connectivity index (χ4n) is 1.48. The molecule has 15 heavy (non-hydrogen) atoms. The van der Waals surface area contributed by atoms with Gasteiger partial charge in [-0.05, 0) is 11.1 Å². The van der Waals surface area contributed by atoms with Crippen LogP contribution in [0.25, 0.3) is 0 Å². The number of rotatable bonds is 5. The lowest BCUT2D eigenvalue weighted by molar-refractivity contribution is -0.137. The van der Waals surface area contributed by atoms with Gasteiger partial charge in [-0.3, -0.25) is 4.79 Å². The summed E-state index contributed by atoms with van der Waals surface area (Å²) in [6.07, 6.45) is -0.0687. The molecule has 3 N–H and O–H groups in total. The predicted octanol–water partition coefficient (Wildman–Crippen LogP) is 1.31. The van der Waals surface area contributed by atoms with Crippen molar-refractivity contribution in [3.8, 4) is 0 Å². The summed E-state index contributed by atoms with van der Waals surface area (Å²) in [6, 6.07) is 6.97. The summed E-state index contributed by atoms with van der Waals surface area (Å²) < 4.78 is 5.02. The Morgan fingerprint density at radius 1 is 1.53 bits per heavy atom. The van der Waals surface area contributed by atoms with E-state index in [2.05, 4.69) is 0 Å². The molecule has 0 aliphatic carbocycles. The van der Waals surface area contributed by atoms with E-state index in [0.29, 0.717) is 6.61 Å². The Kier molecular flexibility index (Phi) is 4.27. The molecule has 0 heterocycles. The van der Waals surface area contributed by atoms with Crippen LogP contribution in [0, 0.1) is 0 Å². The van der Waals surface area contributed by atoms with Gasteiger partial charge in [0.1, 0.15) is 0 Å². The molecule has 0 aliphatic rings. The molecule has 0 unspecified atom stereocenters. The number of carboxylic acid groups (broad SMARTS) is 1. The minimum atomic E-state index is -0.894. The molecule has 0 spiro atoms. The summed E-state index contributed by atoms with van der Waals surface area (Å²) in [5.74, 6) is -0.894. The number of carboxylic acids is 1. The van der Waals surface area contributed by atoms with E-state index < -0.39 is 12.0 Å². The van der Waals surface area contributed by atoms with E-state index in [1.807, 2.05) is 24.3 Å². The van der Waals surface area contributed by atoms with Gasteiger partial charge >= 0.3 is 5.97 Å². The van der Waals surface area contributed by atoms with E-state index >= 15 is 0 Å². The van der Waals surface area contributed by atoms with Crippen LogP contribution in [0.2, 0.25) is 0 Å². The van der Waals surface area contributed by atoms with Crippen molar-refractivity contribution >= 4 is 5.97 Å². The van der Waals surface area contributed by atoms with E-state index in [4.69, 9.17) is 15.6 Å². The fourth-order valence-corrected chi connectivity index (χ4v) is 1.48. The molecule has 1 aromatic rings. The standard InChI is InChI=1S/C11H15NO3/c1-15-7-8-4-2-3-5-9(8)10(12)6-11(13)14/h2-5,10H,6-7,12H2,1H3,(H,13,14)/t10-/m1/s1. The van der Waals surface area contributed by atoms with E-state index in [1.165, 1.54) is 0 Å². The van der Waals surface area contributed by atoms with Gasteiger partial charge in [0.05, 0.1) is 13.0 Å². The summed E-state index contributed by atoms with van der Waals surface area (Å²) in [7, 11) is 1.60. The molecule has 4 nitrogen and oxygen atoms in total. The van der Waals surface area contributed by atoms with E-state index in [1.54, 1.807) is 7.11 Å². The van der Waals surface area contributed by atoms with Gasteiger partial charge in [0.15, 0.2) is 0 Å². The highest BCUT2D eigenvalue weighted by Crippen LogP contribution is 2.19. The highest BCUT2D eigenvalue weighted by atomic mass is 16.5. The van der Waals surface area contributed by atoms with Gasteiger partial charge in [0.2, 0.25) is 0 Å². The number of carbonyl (C=O) groups is 1. The third-order valence-corrected chi connectivity index (χ3v) is 2.15. The van der Waals surface area contributed by atoms with Crippen molar-refractivity contribution in [2.45, 2.75) is 19.1 Å². The second kappa shape index (κ2) is 5.48. The summed E-state index contributed by atoms with van der Waals surface area (Å²) in [5, 5.41) is 8.65. The lowest BCUT2D eigenvalue weighted by Gasteiger charge is -2.14. The van der Waals surface area contributed by atoms with Gasteiger partial charge in [0, 0.05) is 13.2 Å². The molecule has 0 aliphatic heterocycles. The molecule has 0 fully saturated rings. The average Bonchev–Trinajstić information content (AvgIpc) is 2.18. The first-order valence-corrected chi connectivity index (χ1v) is 4.69. The zero-order chi connectivity index (χ0) is 11.3. The molecule has 0 radical (unpaired) electrons. The number of nitrogens with two attached hydrogens (primary N) is 1. The molecule has 4 heteroatoms. The van der Waals surface area contributed by atoms with Gasteiger partial charge in [-0.25, -0.2) is 0 Å². The Hall–Kier alpha value is -1.39. The van der Waals surface area contributed by atoms with Gasteiger partial charge in [-0.2, -0.15) is 0 Å². The average molecular weight is 209 g/mol. The Balaban J connectivity index is 2.86. The predicted molar refractivity (Wildman–Crippen MR) is 56.3 cm³/mol. The Morgan fingerprint density at radius 3 is 2.80 bits per heavy atom. The van der Waals surface area contributed by atoms with Crippen LogP contribution in [-0.4, -0.2) is 18.2 Å². The monoisotopic (exact) mass is 209 g/mol. The maximum Gasteiger partial charge on any atom is 0.305 e. The van der Waals surface area contributed by atoms with E-state index in [-0.39, 0.29) is 6.42 Å². The molecule has 1 atom stereocenters. The zero-order valence-electron chi connectivity index (χ0n) is 8.64. The molecule has 0 saturated carbocycles. The van der Waals surface area contributed by atoms with E-state index in [0.717, 1.165) is 11.1 Å². The van der Waals surface area contributed by atoms with Crippen molar-refractivity contribution in [3.05, 3.63) is 35.4 Å². The molecule has 82 valence electrons. The summed E-state index contributed by atoms with van der Waals surface area (Å²) in [5.41, 5.74) is 7.56. The lowest BCUT2D eigenvalue weighted by Crippen LogP contribution is -2.16. The van der Waals surface area contributed by atoms with Crippen molar-refractivity contribution in [3.63, 3.8) is 0 Å². The van der Waals surface area contributed by atoms with Crippen LogP contribution in [0.15, 0.2) is 24.3 Å². The largest absolute Gasteiger partial charge is 0.481 e. The second-order valence-corrected chi connectivity index (χ2v) is 3.34. The third-order valence-electron chi connectivity index (χ3n) is 2.15. The quantitative estimate of drug-likeness (QED) is 0.766. The van der Waals surface area contributed by atoms with Gasteiger partial charge < -0.3 is 15.6 Å². The van der Waals surface area contributed by atoms with Crippen LogP contribution in [0.1, 0.15) is 23.6 Å². The highest BCUT2D eigenvalue weighted by molar-refractivity contribution is 5.68. The van der Waals surface area contributed by atoms with Gasteiger partial charge in [-0.1, -0.05) is 24.3 Å². The maximum absolute atomic E-state index is 10.5. The first-order chi connectivity index (χ1) is 7.15. The molecule has 1 rings (SSSR count). The minimum Gasteiger partial charge on any atom is -0.481 e. The van der Waals surface area contributed by atoms with Crippen molar-refractivity contribution in [2.75, 3.05) is 7.11 Å². The third kappa shape index (κ3) is 3.34. The van der Waals surface area contributed by atoms with Crippen molar-refractivity contribution in [1.82, 2.24) is 0 Å². The molecular formula is C11H15NO3. The number of hydrogen-bond donors (Lipinski definition) is 2. The van der Waals surface area contributed by atoms with Crippen LogP contribution in [0.3, 0.4) is 0 Å². The molecule has 0 bridgehead atoms. The molecule has 0 amide bonds. The van der Waals surface area contributed by atoms with E-state index in [9.17, 15) is 4.79 Å². The van der Waals surface area contributed by atoms with Crippen LogP contribution < -0.4 is 5.73 Å². The second-order valence-electron chi connectivity index (χ2n) is 3.34. The number of methoxy groups -OCH3 is 1. The molecular weight excluding hydrogens is 194 g/mol. The van der Waals surface area contributed by atoms with Crippen LogP contribution in [0.5, 0.6) is 0 Å². The van der Waals surface area contributed by atoms with Crippen molar-refractivity contribution < 1.29 is 14.6 Å². The minimum absolute atomic E-state index is 0.0687. The SMILES string of the molecule is COCc1ccccc1[C@H](N)CC(=O)O. The number of ether oxygens (including phenoxy) is 1. The lowest BCUT2D eigenvalue weighted by atomic mass is 9.99. The maximum atomic E-state index is 10.5. The number of benzene rings is 1. The molecule has 1 aromatic carbocycles. The van der Waals surface area contributed by atoms with Crippen LogP contribution >= 0.6 is 0 Å². The molecule has 0 saturated heterocycles. The van der Waals surface area contributed by atoms with Crippen molar-refractivity contribution in [2.24, 2.45) is 5.73 Å². The Labute approximate surface area is 88.7 Å². The summed E-state index contributed by atoms with van der Waals surface area (Å²) in [6.45, 7) is 0.448. The van der Waals surface area contributed by atoms with Gasteiger partial charge in [-0.15, -0.1) is 0 Å². The van der Waals surface area contributed by atoms with Crippen molar-refractivity contribution in [1.29, 1.82) is 0 Å². The number of aliphatic carboxylic acids is 1. The Bertz CT molecular complexity index is 338. The summed E-state index contributed by atoms with van der Waals surface area (Å²) in [4.78, 5) is 10.5. The topological polar surface area (TPSA) is 72.5 Å². The first kappa shape index (κ1) is 11.7. The summed E-state index contributed by atoms with van der Waals surface area (Å²) >= 11 is 0. The van der Waals surface area contributed by atoms with Crippen LogP contribution in [0.4, 0.5) is 0 Å². The number of hydrogen-bond acceptors (Lipinski definition) is 3. The normalized spacial score (nSPS) is 12.4. The van der Waals surface area contributed by atoms with Gasteiger partial charge in [0.25, 0.3) is 0 Å². The Morgan fingerprint density at radius 2 is 2.20 bits per heavy atom.